The molecule has 2 saturated heterocycles. The van der Waals surface area contributed by atoms with Crippen molar-refractivity contribution in [3.63, 3.8) is 0 Å². The molecule has 2 aliphatic rings. The largest absolute Gasteiger partial charge is 0.394 e. The Hall–Kier alpha value is -1.75. The molecule has 2 fully saturated rings. The van der Waals surface area contributed by atoms with Crippen molar-refractivity contribution in [3.8, 4) is 0 Å². The van der Waals surface area contributed by atoms with Gasteiger partial charge in [-0.3, -0.25) is 0 Å². The lowest BCUT2D eigenvalue weighted by Crippen LogP contribution is -2.49. The average Bonchev–Trinajstić information content (AvgIpc) is 3.14. The number of aliphatic hydroxyl groups is 1. The van der Waals surface area contributed by atoms with Gasteiger partial charge in [0.1, 0.15) is 0 Å². The summed E-state index contributed by atoms with van der Waals surface area (Å²) in [7, 11) is 0. The molecule has 5 nitrogen and oxygen atoms in total. The van der Waals surface area contributed by atoms with Gasteiger partial charge < -0.3 is 20.2 Å². The third kappa shape index (κ3) is 3.04. The highest BCUT2D eigenvalue weighted by Gasteiger charge is 2.35. The van der Waals surface area contributed by atoms with Crippen LogP contribution in [0.4, 0.5) is 10.5 Å². The Bertz CT molecular complexity index is 508. The van der Waals surface area contributed by atoms with Crippen LogP contribution in [0.15, 0.2) is 30.3 Å². The first-order valence-electron chi connectivity index (χ1n) is 8.17. The van der Waals surface area contributed by atoms with Gasteiger partial charge in [-0.2, -0.15) is 0 Å². The van der Waals surface area contributed by atoms with E-state index < -0.39 is 0 Å². The molecule has 120 valence electrons. The molecule has 0 radical (unpaired) electrons. The fourth-order valence-corrected chi connectivity index (χ4v) is 3.55. The minimum Gasteiger partial charge on any atom is -0.394 e. The number of aliphatic hydroxyl groups excluding tert-OH is 1. The van der Waals surface area contributed by atoms with Gasteiger partial charge in [-0.1, -0.05) is 25.1 Å². The quantitative estimate of drug-likeness (QED) is 0.893. The number of anilines is 1. The van der Waals surface area contributed by atoms with Gasteiger partial charge in [0, 0.05) is 31.4 Å². The van der Waals surface area contributed by atoms with Crippen LogP contribution in [-0.4, -0.2) is 54.4 Å². The molecular formula is C17H25N3O2. The van der Waals surface area contributed by atoms with Gasteiger partial charge in [-0.25, -0.2) is 4.79 Å². The number of para-hydroxylation sites is 1. The number of hydrogen-bond acceptors (Lipinski definition) is 3. The number of carbonyl (C=O) groups is 1. The van der Waals surface area contributed by atoms with E-state index in [1.165, 1.54) is 5.69 Å². The summed E-state index contributed by atoms with van der Waals surface area (Å²) in [6.45, 7) is 4.71. The SMILES string of the molecule is CC1CCN(C(=O)NC2CCN(c3ccccc3)C2)C1CO. The molecule has 0 bridgehead atoms. The highest BCUT2D eigenvalue weighted by Crippen LogP contribution is 2.24. The summed E-state index contributed by atoms with van der Waals surface area (Å²) in [6, 6.07) is 10.4. The summed E-state index contributed by atoms with van der Waals surface area (Å²) in [5, 5.41) is 12.6. The molecule has 2 N–H and O–H groups in total. The minimum absolute atomic E-state index is 0.0247. The number of benzene rings is 1. The van der Waals surface area contributed by atoms with E-state index in [1.54, 1.807) is 4.90 Å². The Morgan fingerprint density at radius 3 is 2.77 bits per heavy atom. The minimum atomic E-state index is -0.0355. The number of likely N-dealkylation sites (tertiary alicyclic amines) is 1. The molecule has 2 heterocycles. The van der Waals surface area contributed by atoms with E-state index in [2.05, 4.69) is 29.3 Å². The van der Waals surface area contributed by atoms with Crippen molar-refractivity contribution in [3.05, 3.63) is 30.3 Å². The second-order valence-corrected chi connectivity index (χ2v) is 6.43. The number of carbonyl (C=O) groups excluding carboxylic acids is 1. The van der Waals surface area contributed by atoms with E-state index in [0.717, 1.165) is 32.5 Å². The maximum absolute atomic E-state index is 12.4. The van der Waals surface area contributed by atoms with E-state index in [-0.39, 0.29) is 24.7 Å². The number of rotatable bonds is 3. The van der Waals surface area contributed by atoms with Crippen molar-refractivity contribution in [2.75, 3.05) is 31.1 Å². The Morgan fingerprint density at radius 1 is 1.27 bits per heavy atom. The van der Waals surface area contributed by atoms with Crippen molar-refractivity contribution < 1.29 is 9.90 Å². The second-order valence-electron chi connectivity index (χ2n) is 6.43. The topological polar surface area (TPSA) is 55.8 Å². The fraction of sp³-hybridized carbons (Fsp3) is 0.588. The zero-order chi connectivity index (χ0) is 15.5. The summed E-state index contributed by atoms with van der Waals surface area (Å²) in [6.07, 6.45) is 1.94. The van der Waals surface area contributed by atoms with E-state index in [1.807, 2.05) is 18.2 Å². The first kappa shape index (κ1) is 15.2. The molecule has 0 aliphatic carbocycles. The van der Waals surface area contributed by atoms with E-state index in [0.29, 0.717) is 5.92 Å². The highest BCUT2D eigenvalue weighted by molar-refractivity contribution is 5.75. The maximum Gasteiger partial charge on any atom is 0.318 e. The molecule has 0 saturated carbocycles. The van der Waals surface area contributed by atoms with Gasteiger partial charge in [-0.15, -0.1) is 0 Å². The number of nitrogens with zero attached hydrogens (tertiary/aromatic N) is 2. The standard InChI is InChI=1S/C17H25N3O2/c1-13-7-10-20(16(13)12-21)17(22)18-14-8-9-19(11-14)15-5-3-2-4-6-15/h2-6,13-14,16,21H,7-12H2,1H3,(H,18,22). The summed E-state index contributed by atoms with van der Waals surface area (Å²) in [5.74, 6) is 0.375. The Balaban J connectivity index is 1.55. The maximum atomic E-state index is 12.4. The van der Waals surface area contributed by atoms with Crippen molar-refractivity contribution in [2.24, 2.45) is 5.92 Å². The third-order valence-corrected chi connectivity index (χ3v) is 4.97. The van der Waals surface area contributed by atoms with E-state index in [9.17, 15) is 9.90 Å². The number of nitrogens with one attached hydrogen (secondary N) is 1. The second kappa shape index (κ2) is 6.57. The van der Waals surface area contributed by atoms with Gasteiger partial charge in [-0.05, 0) is 30.9 Å². The molecule has 1 aromatic carbocycles. The fourth-order valence-electron chi connectivity index (χ4n) is 3.55. The van der Waals surface area contributed by atoms with Crippen molar-refractivity contribution >= 4 is 11.7 Å². The Morgan fingerprint density at radius 2 is 2.05 bits per heavy atom. The third-order valence-electron chi connectivity index (χ3n) is 4.97. The molecule has 2 aliphatic heterocycles. The number of amides is 2. The lowest BCUT2D eigenvalue weighted by Gasteiger charge is -2.27. The van der Waals surface area contributed by atoms with Crippen LogP contribution >= 0.6 is 0 Å². The predicted octanol–water partition coefficient (Wildman–Crippen LogP) is 1.68. The number of urea groups is 1. The first-order chi connectivity index (χ1) is 10.7. The van der Waals surface area contributed by atoms with E-state index in [4.69, 9.17) is 0 Å². The molecule has 22 heavy (non-hydrogen) atoms. The molecule has 5 heteroatoms. The van der Waals surface area contributed by atoms with Gasteiger partial charge in [0.2, 0.25) is 0 Å². The Labute approximate surface area is 131 Å². The molecule has 2 amide bonds. The summed E-state index contributed by atoms with van der Waals surface area (Å²) in [4.78, 5) is 16.6. The molecule has 3 rings (SSSR count). The van der Waals surface area contributed by atoms with Crippen LogP contribution in [0.2, 0.25) is 0 Å². The van der Waals surface area contributed by atoms with Gasteiger partial charge in [0.25, 0.3) is 0 Å². The molecule has 0 spiro atoms. The predicted molar refractivity (Wildman–Crippen MR) is 87.0 cm³/mol. The zero-order valence-corrected chi connectivity index (χ0v) is 13.1. The lowest BCUT2D eigenvalue weighted by atomic mass is 10.0. The highest BCUT2D eigenvalue weighted by atomic mass is 16.3. The number of hydrogen-bond donors (Lipinski definition) is 2. The van der Waals surface area contributed by atoms with Crippen LogP contribution < -0.4 is 10.2 Å². The van der Waals surface area contributed by atoms with E-state index >= 15 is 0 Å². The van der Waals surface area contributed by atoms with Crippen molar-refractivity contribution in [1.82, 2.24) is 10.2 Å². The molecule has 1 aromatic rings. The van der Waals surface area contributed by atoms with Crippen LogP contribution in [0.1, 0.15) is 19.8 Å². The summed E-state index contributed by atoms with van der Waals surface area (Å²) < 4.78 is 0. The van der Waals surface area contributed by atoms with Crippen LogP contribution in [0.3, 0.4) is 0 Å². The smallest absolute Gasteiger partial charge is 0.318 e. The van der Waals surface area contributed by atoms with Gasteiger partial charge in [0.05, 0.1) is 12.6 Å². The van der Waals surface area contributed by atoms with Gasteiger partial charge >= 0.3 is 6.03 Å². The summed E-state index contributed by atoms with van der Waals surface area (Å²) >= 11 is 0. The molecule has 3 atom stereocenters. The average molecular weight is 303 g/mol. The molecule has 3 unspecified atom stereocenters. The Kier molecular flexibility index (Phi) is 4.52. The van der Waals surface area contributed by atoms with Crippen LogP contribution in [-0.2, 0) is 0 Å². The van der Waals surface area contributed by atoms with Gasteiger partial charge in [0.15, 0.2) is 0 Å². The van der Waals surface area contributed by atoms with Crippen LogP contribution in [0, 0.1) is 5.92 Å². The molecular weight excluding hydrogens is 278 g/mol. The van der Waals surface area contributed by atoms with Crippen LogP contribution in [0.5, 0.6) is 0 Å². The first-order valence-corrected chi connectivity index (χ1v) is 8.17. The summed E-state index contributed by atoms with van der Waals surface area (Å²) in [5.41, 5.74) is 1.21. The van der Waals surface area contributed by atoms with Crippen molar-refractivity contribution in [2.45, 2.75) is 31.8 Å². The lowest BCUT2D eigenvalue weighted by molar-refractivity contribution is 0.142. The molecule has 0 aromatic heterocycles. The monoisotopic (exact) mass is 303 g/mol. The van der Waals surface area contributed by atoms with Crippen LogP contribution in [0.25, 0.3) is 0 Å². The normalized spacial score (nSPS) is 28.2. The zero-order valence-electron chi connectivity index (χ0n) is 13.1. The van der Waals surface area contributed by atoms with Crippen molar-refractivity contribution in [1.29, 1.82) is 0 Å².